The maximum Gasteiger partial charge on any atom is 0.261 e. The van der Waals surface area contributed by atoms with Crippen LogP contribution in [0.4, 0.5) is 5.69 Å². The molecule has 2 aromatic heterocycles. The van der Waals surface area contributed by atoms with Crippen molar-refractivity contribution in [1.29, 1.82) is 0 Å². The average molecular weight is 461 g/mol. The Kier molecular flexibility index (Phi) is 6.65. The summed E-state index contributed by atoms with van der Waals surface area (Å²) in [5.74, 6) is 0.767. The first-order valence-electron chi connectivity index (χ1n) is 10.6. The lowest BCUT2D eigenvalue weighted by Gasteiger charge is -2.12. The molecule has 0 radical (unpaired) electrons. The number of carbonyl (C=O) groups excluding carboxylic acids is 2. The number of rotatable bonds is 7. The van der Waals surface area contributed by atoms with E-state index in [1.165, 1.54) is 11.3 Å². The predicted octanol–water partition coefficient (Wildman–Crippen LogP) is 5.41. The predicted molar refractivity (Wildman–Crippen MR) is 128 cm³/mol. The number of nitrogens with zero attached hydrogens (tertiary/aromatic N) is 2. The zero-order valence-corrected chi connectivity index (χ0v) is 19.4. The minimum atomic E-state index is -0.247. The molecule has 33 heavy (non-hydrogen) atoms. The van der Waals surface area contributed by atoms with Gasteiger partial charge in [-0.15, -0.1) is 11.3 Å². The number of thiophene rings is 1. The van der Waals surface area contributed by atoms with E-state index in [2.05, 4.69) is 20.8 Å². The van der Waals surface area contributed by atoms with Crippen LogP contribution in [-0.4, -0.2) is 22.0 Å². The SMILES string of the molecule is Cc1cccc(-c2nc(C(C)C)no2)c1NC(=O)c1ccc(CNC(=O)c2cccs2)cc1. The summed E-state index contributed by atoms with van der Waals surface area (Å²) in [6.07, 6.45) is 0. The van der Waals surface area contributed by atoms with Gasteiger partial charge in [0.2, 0.25) is 0 Å². The Balaban J connectivity index is 1.46. The molecule has 0 unspecified atom stereocenters. The molecule has 8 heteroatoms. The first-order chi connectivity index (χ1) is 15.9. The maximum atomic E-state index is 12.9. The molecule has 168 valence electrons. The molecule has 0 saturated carbocycles. The third kappa shape index (κ3) is 5.18. The number of hydrogen-bond acceptors (Lipinski definition) is 6. The van der Waals surface area contributed by atoms with E-state index in [9.17, 15) is 9.59 Å². The fourth-order valence-corrected chi connectivity index (χ4v) is 3.87. The molecule has 7 nitrogen and oxygen atoms in total. The van der Waals surface area contributed by atoms with Crippen LogP contribution in [0.5, 0.6) is 0 Å². The largest absolute Gasteiger partial charge is 0.347 e. The summed E-state index contributed by atoms with van der Waals surface area (Å²) in [7, 11) is 0. The summed E-state index contributed by atoms with van der Waals surface area (Å²) in [5.41, 5.74) is 3.61. The van der Waals surface area contributed by atoms with Gasteiger partial charge in [0.15, 0.2) is 5.82 Å². The summed E-state index contributed by atoms with van der Waals surface area (Å²) in [6, 6.07) is 16.4. The number of aryl methyl sites for hydroxylation is 1. The highest BCUT2D eigenvalue weighted by Gasteiger charge is 2.18. The molecule has 0 atom stereocenters. The van der Waals surface area contributed by atoms with Crippen molar-refractivity contribution in [3.63, 3.8) is 0 Å². The summed E-state index contributed by atoms with van der Waals surface area (Å²) in [4.78, 5) is 30.2. The van der Waals surface area contributed by atoms with E-state index in [0.717, 1.165) is 11.1 Å². The molecular weight excluding hydrogens is 436 g/mol. The number of anilines is 1. The van der Waals surface area contributed by atoms with Gasteiger partial charge in [0, 0.05) is 18.0 Å². The number of para-hydroxylation sites is 1. The monoisotopic (exact) mass is 460 g/mol. The molecule has 0 aliphatic heterocycles. The molecule has 0 saturated heterocycles. The Morgan fingerprint density at radius 2 is 1.82 bits per heavy atom. The Bertz CT molecular complexity index is 1260. The van der Waals surface area contributed by atoms with Crippen LogP contribution in [0.15, 0.2) is 64.5 Å². The molecule has 0 aliphatic rings. The summed E-state index contributed by atoms with van der Waals surface area (Å²) >= 11 is 1.40. The van der Waals surface area contributed by atoms with Crippen LogP contribution >= 0.6 is 11.3 Å². The number of aromatic nitrogens is 2. The molecule has 0 spiro atoms. The average Bonchev–Trinajstić information content (AvgIpc) is 3.52. The second-order valence-electron chi connectivity index (χ2n) is 7.92. The van der Waals surface area contributed by atoms with Crippen molar-refractivity contribution in [1.82, 2.24) is 15.5 Å². The van der Waals surface area contributed by atoms with Gasteiger partial charge in [-0.05, 0) is 47.7 Å². The van der Waals surface area contributed by atoms with Crippen molar-refractivity contribution in [3.05, 3.63) is 87.4 Å². The van der Waals surface area contributed by atoms with Crippen molar-refractivity contribution in [2.75, 3.05) is 5.32 Å². The third-order valence-corrected chi connectivity index (χ3v) is 5.98. The zero-order chi connectivity index (χ0) is 23.4. The van der Waals surface area contributed by atoms with Crippen LogP contribution in [0.2, 0.25) is 0 Å². The lowest BCUT2D eigenvalue weighted by atomic mass is 10.1. The van der Waals surface area contributed by atoms with E-state index in [4.69, 9.17) is 4.52 Å². The van der Waals surface area contributed by atoms with E-state index < -0.39 is 0 Å². The molecular formula is C25H24N4O3S. The Hall–Kier alpha value is -3.78. The van der Waals surface area contributed by atoms with Gasteiger partial charge in [0.25, 0.3) is 17.7 Å². The zero-order valence-electron chi connectivity index (χ0n) is 18.6. The molecule has 0 aliphatic carbocycles. The van der Waals surface area contributed by atoms with E-state index in [1.807, 2.05) is 62.5 Å². The number of benzene rings is 2. The standard InChI is InChI=1S/C25H24N4O3S/c1-15(2)22-28-25(32-29-22)19-7-4-6-16(3)21(19)27-23(30)18-11-9-17(10-12-18)14-26-24(31)20-8-5-13-33-20/h4-13,15H,14H2,1-3H3,(H,26,31)(H,27,30). The number of amides is 2. The van der Waals surface area contributed by atoms with E-state index in [-0.39, 0.29) is 17.7 Å². The lowest BCUT2D eigenvalue weighted by molar-refractivity contribution is 0.0953. The summed E-state index contributed by atoms with van der Waals surface area (Å²) < 4.78 is 5.44. The molecule has 0 fully saturated rings. The van der Waals surface area contributed by atoms with Crippen molar-refractivity contribution >= 4 is 28.8 Å². The second kappa shape index (κ2) is 9.79. The van der Waals surface area contributed by atoms with Crippen molar-refractivity contribution in [2.45, 2.75) is 33.2 Å². The van der Waals surface area contributed by atoms with Gasteiger partial charge in [0.05, 0.1) is 16.1 Å². The number of nitrogens with one attached hydrogen (secondary N) is 2. The van der Waals surface area contributed by atoms with E-state index in [0.29, 0.717) is 40.0 Å². The van der Waals surface area contributed by atoms with Crippen LogP contribution < -0.4 is 10.6 Å². The topological polar surface area (TPSA) is 97.1 Å². The Morgan fingerprint density at radius 3 is 2.48 bits per heavy atom. The summed E-state index contributed by atoms with van der Waals surface area (Å²) in [6.45, 7) is 6.28. The minimum Gasteiger partial charge on any atom is -0.347 e. The van der Waals surface area contributed by atoms with Gasteiger partial charge >= 0.3 is 0 Å². The number of hydrogen-bond donors (Lipinski definition) is 2. The molecule has 2 aromatic carbocycles. The highest BCUT2D eigenvalue weighted by atomic mass is 32.1. The van der Waals surface area contributed by atoms with Gasteiger partial charge in [-0.1, -0.05) is 49.3 Å². The van der Waals surface area contributed by atoms with Gasteiger partial charge in [-0.25, -0.2) is 0 Å². The van der Waals surface area contributed by atoms with Crippen LogP contribution in [0, 0.1) is 6.92 Å². The first-order valence-corrected chi connectivity index (χ1v) is 11.5. The van der Waals surface area contributed by atoms with Crippen LogP contribution in [0.3, 0.4) is 0 Å². The lowest BCUT2D eigenvalue weighted by Crippen LogP contribution is -2.21. The van der Waals surface area contributed by atoms with E-state index in [1.54, 1.807) is 18.2 Å². The second-order valence-corrected chi connectivity index (χ2v) is 8.87. The maximum absolute atomic E-state index is 12.9. The molecule has 4 aromatic rings. The summed E-state index contributed by atoms with van der Waals surface area (Å²) in [5, 5.41) is 11.8. The molecule has 2 N–H and O–H groups in total. The van der Waals surface area contributed by atoms with Crippen LogP contribution in [-0.2, 0) is 6.54 Å². The van der Waals surface area contributed by atoms with Gasteiger partial charge < -0.3 is 15.2 Å². The quantitative estimate of drug-likeness (QED) is 0.384. The molecule has 4 rings (SSSR count). The van der Waals surface area contributed by atoms with Crippen molar-refractivity contribution in [3.8, 4) is 11.5 Å². The number of carbonyl (C=O) groups is 2. The highest BCUT2D eigenvalue weighted by Crippen LogP contribution is 2.31. The van der Waals surface area contributed by atoms with Crippen LogP contribution in [0.1, 0.15) is 56.7 Å². The smallest absolute Gasteiger partial charge is 0.261 e. The normalized spacial score (nSPS) is 10.9. The van der Waals surface area contributed by atoms with Gasteiger partial charge in [-0.3, -0.25) is 9.59 Å². The minimum absolute atomic E-state index is 0.111. The van der Waals surface area contributed by atoms with Gasteiger partial charge in [0.1, 0.15) is 0 Å². The fraction of sp³-hybridized carbons (Fsp3) is 0.200. The van der Waals surface area contributed by atoms with Crippen molar-refractivity contribution in [2.24, 2.45) is 0 Å². The molecule has 2 amide bonds. The molecule has 2 heterocycles. The first kappa shape index (κ1) is 22.4. The van der Waals surface area contributed by atoms with E-state index >= 15 is 0 Å². The fourth-order valence-electron chi connectivity index (χ4n) is 3.23. The van der Waals surface area contributed by atoms with Gasteiger partial charge in [-0.2, -0.15) is 4.98 Å². The molecule has 0 bridgehead atoms. The highest BCUT2D eigenvalue weighted by molar-refractivity contribution is 7.12. The third-order valence-electron chi connectivity index (χ3n) is 5.11. The van der Waals surface area contributed by atoms with Crippen LogP contribution in [0.25, 0.3) is 11.5 Å². The van der Waals surface area contributed by atoms with Crippen molar-refractivity contribution < 1.29 is 14.1 Å². The Labute approximate surface area is 195 Å². The Morgan fingerprint density at radius 1 is 1.03 bits per heavy atom.